The van der Waals surface area contributed by atoms with E-state index in [4.69, 9.17) is 4.74 Å². The van der Waals surface area contributed by atoms with E-state index >= 15 is 0 Å². The minimum atomic E-state index is -0.516. The first-order chi connectivity index (χ1) is 9.56. The predicted molar refractivity (Wildman–Crippen MR) is 71.9 cm³/mol. The summed E-state index contributed by atoms with van der Waals surface area (Å²) in [6.07, 6.45) is 2.23. The lowest BCUT2D eigenvalue weighted by atomic mass is 10.1. The molecule has 0 saturated carbocycles. The number of aromatic nitrogens is 2. The number of rotatable bonds is 5. The number of nitrogens with zero attached hydrogens (tertiary/aromatic N) is 3. The molecule has 1 aromatic carbocycles. The Hall–Kier alpha value is -2.70. The van der Waals surface area contributed by atoms with E-state index in [1.807, 2.05) is 0 Å². The molecule has 0 aliphatic carbocycles. The van der Waals surface area contributed by atoms with Crippen LogP contribution in [0, 0.1) is 10.1 Å². The molecule has 104 valence electrons. The zero-order valence-electron chi connectivity index (χ0n) is 11.1. The molecule has 0 saturated heterocycles. The van der Waals surface area contributed by atoms with E-state index in [2.05, 4.69) is 5.10 Å². The van der Waals surface area contributed by atoms with Gasteiger partial charge in [-0.1, -0.05) is 0 Å². The van der Waals surface area contributed by atoms with E-state index < -0.39 is 4.92 Å². The molecule has 0 aliphatic heterocycles. The largest absolute Gasteiger partial charge is 0.487 e. The lowest BCUT2D eigenvalue weighted by Gasteiger charge is -2.05. The summed E-state index contributed by atoms with van der Waals surface area (Å²) >= 11 is 0. The molecule has 1 heterocycles. The Balaban J connectivity index is 2.55. The Morgan fingerprint density at radius 3 is 2.85 bits per heavy atom. The number of hydrogen-bond acceptors (Lipinski definition) is 5. The molecule has 7 heteroatoms. The molecule has 0 atom stereocenters. The van der Waals surface area contributed by atoms with Crippen LogP contribution in [0.15, 0.2) is 24.4 Å². The van der Waals surface area contributed by atoms with Gasteiger partial charge in [0.1, 0.15) is 5.69 Å². The van der Waals surface area contributed by atoms with Gasteiger partial charge in [-0.15, -0.1) is 0 Å². The van der Waals surface area contributed by atoms with Gasteiger partial charge in [-0.2, -0.15) is 5.10 Å². The Morgan fingerprint density at radius 2 is 2.25 bits per heavy atom. The first-order valence-electron chi connectivity index (χ1n) is 5.97. The average molecular weight is 275 g/mol. The number of ether oxygens (including phenoxy) is 1. The van der Waals surface area contributed by atoms with Gasteiger partial charge in [-0.05, 0) is 19.1 Å². The SMILES string of the molecule is CCOc1ccc(-c2nn(C)cc2C=O)cc1[N+](=O)[O-]. The van der Waals surface area contributed by atoms with Gasteiger partial charge in [-0.25, -0.2) is 0 Å². The zero-order chi connectivity index (χ0) is 14.7. The second-order valence-corrected chi connectivity index (χ2v) is 4.10. The van der Waals surface area contributed by atoms with Crippen molar-refractivity contribution in [2.24, 2.45) is 7.05 Å². The minimum absolute atomic E-state index is 0.146. The van der Waals surface area contributed by atoms with E-state index in [1.165, 1.54) is 16.8 Å². The topological polar surface area (TPSA) is 87.3 Å². The monoisotopic (exact) mass is 275 g/mol. The van der Waals surface area contributed by atoms with E-state index in [0.29, 0.717) is 29.7 Å². The Kier molecular flexibility index (Phi) is 3.79. The maximum absolute atomic E-state index is 11.1. The summed E-state index contributed by atoms with van der Waals surface area (Å²) in [6, 6.07) is 4.52. The molecular formula is C13H13N3O4. The van der Waals surface area contributed by atoms with Gasteiger partial charge in [0.25, 0.3) is 0 Å². The summed E-state index contributed by atoms with van der Waals surface area (Å²) in [5.41, 5.74) is 1.15. The molecule has 0 unspecified atom stereocenters. The molecule has 0 bridgehead atoms. The van der Waals surface area contributed by atoms with Gasteiger partial charge in [0, 0.05) is 24.9 Å². The van der Waals surface area contributed by atoms with Crippen molar-refractivity contribution in [3.05, 3.63) is 40.1 Å². The van der Waals surface area contributed by atoms with Crippen LogP contribution in [0.4, 0.5) is 5.69 Å². The summed E-state index contributed by atoms with van der Waals surface area (Å²) in [5, 5.41) is 15.2. The standard InChI is InChI=1S/C13H13N3O4/c1-3-20-12-5-4-9(6-11(12)16(18)19)13-10(8-17)7-15(2)14-13/h4-8H,3H2,1-2H3. The average Bonchev–Trinajstić information content (AvgIpc) is 2.80. The third-order valence-corrected chi connectivity index (χ3v) is 2.71. The number of nitro benzene ring substituents is 1. The number of carbonyl (C=O) groups excluding carboxylic acids is 1. The number of carbonyl (C=O) groups is 1. The fourth-order valence-electron chi connectivity index (χ4n) is 1.90. The maximum atomic E-state index is 11.1. The van der Waals surface area contributed by atoms with Crippen LogP contribution in [0.1, 0.15) is 17.3 Å². The summed E-state index contributed by atoms with van der Waals surface area (Å²) in [6.45, 7) is 2.09. The third kappa shape index (κ3) is 2.51. The lowest BCUT2D eigenvalue weighted by molar-refractivity contribution is -0.385. The highest BCUT2D eigenvalue weighted by Crippen LogP contribution is 2.32. The first-order valence-corrected chi connectivity index (χ1v) is 5.97. The minimum Gasteiger partial charge on any atom is -0.487 e. The highest BCUT2D eigenvalue weighted by atomic mass is 16.6. The number of aldehydes is 1. The second kappa shape index (κ2) is 5.52. The van der Waals surface area contributed by atoms with Gasteiger partial charge in [0.15, 0.2) is 12.0 Å². The van der Waals surface area contributed by atoms with Crippen molar-refractivity contribution < 1.29 is 14.5 Å². The number of hydrogen-bond donors (Lipinski definition) is 0. The normalized spacial score (nSPS) is 10.3. The Labute approximate surface area is 114 Å². The fraction of sp³-hybridized carbons (Fsp3) is 0.231. The molecule has 0 fully saturated rings. The number of nitro groups is 1. The highest BCUT2D eigenvalue weighted by molar-refractivity contribution is 5.86. The van der Waals surface area contributed by atoms with Crippen molar-refractivity contribution in [3.8, 4) is 17.0 Å². The van der Waals surface area contributed by atoms with E-state index in [1.54, 1.807) is 26.2 Å². The first kappa shape index (κ1) is 13.7. The van der Waals surface area contributed by atoms with Crippen molar-refractivity contribution in [3.63, 3.8) is 0 Å². The van der Waals surface area contributed by atoms with Gasteiger partial charge in [0.05, 0.1) is 17.1 Å². The zero-order valence-corrected chi connectivity index (χ0v) is 11.1. The van der Waals surface area contributed by atoms with Crippen LogP contribution in [0.5, 0.6) is 5.75 Å². The molecule has 0 amide bonds. The van der Waals surface area contributed by atoms with Gasteiger partial charge in [0.2, 0.25) is 0 Å². The van der Waals surface area contributed by atoms with Gasteiger partial charge in [-0.3, -0.25) is 19.6 Å². The van der Waals surface area contributed by atoms with E-state index in [0.717, 1.165) is 0 Å². The molecule has 0 N–H and O–H groups in total. The molecule has 20 heavy (non-hydrogen) atoms. The summed E-state index contributed by atoms with van der Waals surface area (Å²) in [4.78, 5) is 21.5. The van der Waals surface area contributed by atoms with Crippen LogP contribution in [-0.2, 0) is 7.05 Å². The highest BCUT2D eigenvalue weighted by Gasteiger charge is 2.19. The van der Waals surface area contributed by atoms with Crippen LogP contribution in [0.2, 0.25) is 0 Å². The number of aryl methyl sites for hydroxylation is 1. The molecule has 1 aromatic heterocycles. The predicted octanol–water partition coefficient (Wildman–Crippen LogP) is 2.21. The number of benzene rings is 1. The fourth-order valence-corrected chi connectivity index (χ4v) is 1.90. The van der Waals surface area contributed by atoms with Gasteiger partial charge >= 0.3 is 5.69 Å². The molecule has 0 spiro atoms. The van der Waals surface area contributed by atoms with Crippen LogP contribution < -0.4 is 4.74 Å². The Morgan fingerprint density at radius 1 is 1.50 bits per heavy atom. The van der Waals surface area contributed by atoms with Crippen LogP contribution in [0.25, 0.3) is 11.3 Å². The van der Waals surface area contributed by atoms with Crippen LogP contribution >= 0.6 is 0 Å². The molecule has 7 nitrogen and oxygen atoms in total. The summed E-state index contributed by atoms with van der Waals surface area (Å²) < 4.78 is 6.70. The maximum Gasteiger partial charge on any atom is 0.311 e. The molecule has 2 aromatic rings. The Bertz CT molecular complexity index is 664. The van der Waals surface area contributed by atoms with Crippen LogP contribution in [-0.4, -0.2) is 27.6 Å². The van der Waals surface area contributed by atoms with E-state index in [9.17, 15) is 14.9 Å². The summed E-state index contributed by atoms with van der Waals surface area (Å²) in [7, 11) is 1.68. The van der Waals surface area contributed by atoms with Crippen molar-refractivity contribution in [2.75, 3.05) is 6.61 Å². The lowest BCUT2D eigenvalue weighted by Crippen LogP contribution is -1.98. The van der Waals surface area contributed by atoms with E-state index in [-0.39, 0.29) is 11.4 Å². The second-order valence-electron chi connectivity index (χ2n) is 4.10. The quantitative estimate of drug-likeness (QED) is 0.474. The molecule has 2 rings (SSSR count). The third-order valence-electron chi connectivity index (χ3n) is 2.71. The van der Waals surface area contributed by atoms with Crippen LogP contribution in [0.3, 0.4) is 0 Å². The summed E-state index contributed by atoms with van der Waals surface area (Å²) in [5.74, 6) is 0.199. The molecule has 0 aliphatic rings. The smallest absolute Gasteiger partial charge is 0.311 e. The molecular weight excluding hydrogens is 262 g/mol. The molecule has 0 radical (unpaired) electrons. The van der Waals surface area contributed by atoms with Crippen molar-refractivity contribution >= 4 is 12.0 Å². The van der Waals surface area contributed by atoms with Crippen molar-refractivity contribution in [1.29, 1.82) is 0 Å². The van der Waals surface area contributed by atoms with Gasteiger partial charge < -0.3 is 4.74 Å². The van der Waals surface area contributed by atoms with Crippen molar-refractivity contribution in [2.45, 2.75) is 6.92 Å². The van der Waals surface area contributed by atoms with Crippen molar-refractivity contribution in [1.82, 2.24) is 9.78 Å².